The predicted molar refractivity (Wildman–Crippen MR) is 183 cm³/mol. The molecule has 0 aliphatic rings. The summed E-state index contributed by atoms with van der Waals surface area (Å²) in [5.41, 5.74) is 1.38. The van der Waals surface area contributed by atoms with Crippen LogP contribution in [0, 0.1) is 5.92 Å². The van der Waals surface area contributed by atoms with Crippen molar-refractivity contribution in [3.8, 4) is 0 Å². The highest BCUT2D eigenvalue weighted by Gasteiger charge is 2.23. The van der Waals surface area contributed by atoms with Gasteiger partial charge in [-0.3, -0.25) is 33.8 Å². The number of nitrogens with zero attached hydrogens (tertiary/aromatic N) is 6. The summed E-state index contributed by atoms with van der Waals surface area (Å²) in [5, 5.41) is 41.6. The Labute approximate surface area is 299 Å². The van der Waals surface area contributed by atoms with Crippen LogP contribution >= 0.6 is 0 Å². The fourth-order valence-electron chi connectivity index (χ4n) is 4.78. The van der Waals surface area contributed by atoms with Crippen LogP contribution in [0.1, 0.15) is 44.5 Å². The topological polar surface area (TPSA) is 283 Å². The molecule has 1 aromatic carbocycles. The summed E-state index contributed by atoms with van der Waals surface area (Å²) in [6.07, 6.45) is 7.37. The second-order valence-electron chi connectivity index (χ2n) is 11.8. The number of imidazole rings is 1. The minimum Gasteiger partial charge on any atom is -0.480 e. The molecule has 2 amide bonds. The van der Waals surface area contributed by atoms with Crippen molar-refractivity contribution < 1.29 is 57.6 Å². The summed E-state index contributed by atoms with van der Waals surface area (Å²) in [6.45, 7) is 0.605. The van der Waals surface area contributed by atoms with Crippen LogP contribution in [0.2, 0.25) is 0 Å². The van der Waals surface area contributed by atoms with E-state index in [0.717, 1.165) is 10.5 Å². The fourth-order valence-corrected chi connectivity index (χ4v) is 5.29. The van der Waals surface area contributed by atoms with E-state index in [9.17, 15) is 37.2 Å². The Morgan fingerprint density at radius 3 is 1.94 bits per heavy atom. The number of primary sulfonamides is 1. The van der Waals surface area contributed by atoms with Crippen LogP contribution in [-0.2, 0) is 58.3 Å². The summed E-state index contributed by atoms with van der Waals surface area (Å²) in [7, 11) is -3.89. The maximum absolute atomic E-state index is 12.9. The second kappa shape index (κ2) is 20.3. The number of allylic oxidation sites excluding steroid dienone is 1. The summed E-state index contributed by atoms with van der Waals surface area (Å²) in [4.78, 5) is 82.2. The highest BCUT2D eigenvalue weighted by Crippen LogP contribution is 2.15. The van der Waals surface area contributed by atoms with Gasteiger partial charge in [-0.1, -0.05) is 26.0 Å². The number of carbonyl (C=O) groups is 6. The average molecular weight is 750 g/mol. The number of aliphatic carboxylic acids is 4. The smallest absolute Gasteiger partial charge is 0.323 e. The van der Waals surface area contributed by atoms with Crippen LogP contribution in [-0.4, -0.2) is 128 Å². The first-order valence-corrected chi connectivity index (χ1v) is 17.4. The number of carbonyl (C=O) groups excluding carboxylic acids is 2. The van der Waals surface area contributed by atoms with Crippen molar-refractivity contribution in [2.75, 3.05) is 32.7 Å². The number of amides is 2. The van der Waals surface area contributed by atoms with E-state index in [4.69, 9.17) is 25.6 Å². The van der Waals surface area contributed by atoms with Crippen molar-refractivity contribution in [3.05, 3.63) is 59.9 Å². The van der Waals surface area contributed by atoms with Crippen LogP contribution < -0.4 is 5.14 Å². The molecule has 20 heteroatoms. The SMILES string of the molecule is CC/C(=C\N(CCc1ccc(S(N)(=O)=O)cc1)Cc1nccn1CC(=O)N(CC(=O)O)CC(=O)O)N=CCC(C)CC(=O)N(CC(=O)O)CC(=O)O. The average Bonchev–Trinajstić information content (AvgIpc) is 3.47. The Kier molecular flexibility index (Phi) is 16.6. The van der Waals surface area contributed by atoms with E-state index in [1.165, 1.54) is 29.1 Å². The molecule has 2 aromatic rings. The first-order chi connectivity index (χ1) is 24.4. The summed E-state index contributed by atoms with van der Waals surface area (Å²) in [5.74, 6) is -6.70. The van der Waals surface area contributed by atoms with E-state index >= 15 is 0 Å². The van der Waals surface area contributed by atoms with Gasteiger partial charge in [0.1, 0.15) is 38.5 Å². The zero-order valence-corrected chi connectivity index (χ0v) is 29.5. The van der Waals surface area contributed by atoms with Gasteiger partial charge in [-0.25, -0.2) is 18.5 Å². The highest BCUT2D eigenvalue weighted by molar-refractivity contribution is 7.89. The molecule has 0 saturated carbocycles. The number of carboxylic acids is 4. The van der Waals surface area contributed by atoms with Gasteiger partial charge < -0.3 is 39.7 Å². The Balaban J connectivity index is 2.29. The third kappa shape index (κ3) is 15.5. The molecule has 2 rings (SSSR count). The molecule has 0 spiro atoms. The molecular formula is C32H43N7O12S. The normalized spacial score (nSPS) is 12.3. The number of aliphatic imine (C=N–C) groups is 1. The van der Waals surface area contributed by atoms with Crippen LogP contribution in [0.25, 0.3) is 0 Å². The Morgan fingerprint density at radius 2 is 1.44 bits per heavy atom. The van der Waals surface area contributed by atoms with Crippen molar-refractivity contribution in [2.45, 2.75) is 57.5 Å². The lowest BCUT2D eigenvalue weighted by Gasteiger charge is -2.23. The van der Waals surface area contributed by atoms with E-state index in [-0.39, 0.29) is 30.3 Å². The summed E-state index contributed by atoms with van der Waals surface area (Å²) < 4.78 is 24.8. The number of sulfonamides is 1. The Morgan fingerprint density at radius 1 is 0.904 bits per heavy atom. The van der Waals surface area contributed by atoms with Gasteiger partial charge in [0.15, 0.2) is 0 Å². The molecule has 1 atom stereocenters. The van der Waals surface area contributed by atoms with Gasteiger partial charge in [0, 0.05) is 37.8 Å². The van der Waals surface area contributed by atoms with Gasteiger partial charge in [0.05, 0.1) is 17.1 Å². The molecule has 19 nitrogen and oxygen atoms in total. The van der Waals surface area contributed by atoms with E-state index in [1.54, 1.807) is 31.5 Å². The lowest BCUT2D eigenvalue weighted by atomic mass is 10.0. The molecule has 0 bridgehead atoms. The minimum atomic E-state index is -3.89. The molecule has 52 heavy (non-hydrogen) atoms. The van der Waals surface area contributed by atoms with Gasteiger partial charge in [-0.15, -0.1) is 0 Å². The zero-order valence-electron chi connectivity index (χ0n) is 28.7. The molecule has 1 unspecified atom stereocenters. The monoisotopic (exact) mass is 749 g/mol. The molecule has 0 aliphatic carbocycles. The van der Waals surface area contributed by atoms with Crippen LogP contribution in [0.4, 0.5) is 0 Å². The maximum Gasteiger partial charge on any atom is 0.323 e. The second-order valence-corrected chi connectivity index (χ2v) is 13.3. The zero-order chi connectivity index (χ0) is 39.0. The number of aromatic nitrogens is 2. The maximum atomic E-state index is 12.9. The van der Waals surface area contributed by atoms with Gasteiger partial charge in [0.2, 0.25) is 21.8 Å². The quantitative estimate of drug-likeness (QED) is 0.0957. The van der Waals surface area contributed by atoms with Gasteiger partial charge >= 0.3 is 23.9 Å². The molecule has 0 fully saturated rings. The molecule has 6 N–H and O–H groups in total. The number of carboxylic acid groups (broad SMARTS) is 4. The first kappa shape index (κ1) is 42.5. The van der Waals surface area contributed by atoms with Crippen molar-refractivity contribution >= 4 is 51.9 Å². The van der Waals surface area contributed by atoms with E-state index in [1.807, 2.05) is 11.8 Å². The van der Waals surface area contributed by atoms with Crippen LogP contribution in [0.3, 0.4) is 0 Å². The number of hydrogen-bond acceptors (Lipinski definition) is 11. The molecule has 1 heterocycles. The highest BCUT2D eigenvalue weighted by atomic mass is 32.2. The van der Waals surface area contributed by atoms with Crippen LogP contribution in [0.5, 0.6) is 0 Å². The largest absolute Gasteiger partial charge is 0.480 e. The number of rotatable bonds is 23. The first-order valence-electron chi connectivity index (χ1n) is 15.9. The molecule has 0 radical (unpaired) electrons. The molecule has 1 aromatic heterocycles. The Bertz CT molecular complexity index is 1720. The number of hydrogen-bond donors (Lipinski definition) is 5. The molecule has 284 valence electrons. The lowest BCUT2D eigenvalue weighted by molar-refractivity contribution is -0.150. The molecular weight excluding hydrogens is 706 g/mol. The van der Waals surface area contributed by atoms with E-state index < -0.39 is 71.9 Å². The van der Waals surface area contributed by atoms with E-state index in [2.05, 4.69) is 9.98 Å². The predicted octanol–water partition coefficient (Wildman–Crippen LogP) is 0.309. The fraction of sp³-hybridized carbons (Fsp3) is 0.438. The standard InChI is InChI=1S/C32H43N7O12S/c1-3-24(34-10-8-22(2)14-27(40)38(18-29(42)43)19-30(44)45)15-36(12-9-23-4-6-25(7-5-23)52(33,50)51)16-26-35-11-13-37(26)17-28(41)39(20-31(46)47)21-32(48)49/h4-7,10-11,13,15,22H,3,8-9,12,14,16-21H2,1-2H3,(H,42,43)(H,44,45)(H,46,47)(H,48,49)(H2,33,50,51)/b24-15+,34-10?. The molecule has 0 aliphatic heterocycles. The van der Waals surface area contributed by atoms with Crippen molar-refractivity contribution in [2.24, 2.45) is 16.0 Å². The van der Waals surface area contributed by atoms with Crippen LogP contribution in [0.15, 0.2) is 58.4 Å². The molecule has 0 saturated heterocycles. The number of nitrogens with two attached hydrogens (primary N) is 1. The lowest BCUT2D eigenvalue weighted by Crippen LogP contribution is -2.41. The van der Waals surface area contributed by atoms with Gasteiger partial charge in [-0.2, -0.15) is 0 Å². The van der Waals surface area contributed by atoms with E-state index in [0.29, 0.717) is 42.2 Å². The Hall–Kier alpha value is -5.63. The van der Waals surface area contributed by atoms with Gasteiger partial charge in [0.25, 0.3) is 0 Å². The van der Waals surface area contributed by atoms with Gasteiger partial charge in [-0.05, 0) is 42.9 Å². The van der Waals surface area contributed by atoms with Crippen molar-refractivity contribution in [1.29, 1.82) is 0 Å². The number of benzene rings is 1. The van der Waals surface area contributed by atoms with Crippen molar-refractivity contribution in [1.82, 2.24) is 24.3 Å². The summed E-state index contributed by atoms with van der Waals surface area (Å²) >= 11 is 0. The van der Waals surface area contributed by atoms with Crippen molar-refractivity contribution in [3.63, 3.8) is 0 Å². The third-order valence-electron chi connectivity index (χ3n) is 7.38. The minimum absolute atomic E-state index is 0.0467. The third-order valence-corrected chi connectivity index (χ3v) is 8.31. The summed E-state index contributed by atoms with van der Waals surface area (Å²) in [6, 6.07) is 6.02.